The number of carbonyl (C=O) groups is 1. The highest BCUT2D eigenvalue weighted by Gasteiger charge is 2.11. The van der Waals surface area contributed by atoms with Gasteiger partial charge in [0.2, 0.25) is 0 Å². The van der Waals surface area contributed by atoms with E-state index in [1.165, 1.54) is 22.5 Å². The van der Waals surface area contributed by atoms with Gasteiger partial charge in [-0.25, -0.2) is 4.98 Å². The second kappa shape index (κ2) is 7.49. The van der Waals surface area contributed by atoms with Crippen LogP contribution in [0.4, 0.5) is 10.8 Å². The van der Waals surface area contributed by atoms with Gasteiger partial charge in [0, 0.05) is 17.6 Å². The fraction of sp³-hybridized carbons (Fsp3) is 0.200. The molecule has 128 valence electrons. The maximum Gasteiger partial charge on any atom is 0.271 e. The minimum Gasteiger partial charge on any atom is -0.347 e. The van der Waals surface area contributed by atoms with Crippen LogP contribution >= 0.6 is 11.3 Å². The Bertz CT molecular complexity index is 884. The van der Waals surface area contributed by atoms with Crippen molar-refractivity contribution in [3.63, 3.8) is 0 Å². The second-order valence-corrected chi connectivity index (χ2v) is 7.01. The van der Waals surface area contributed by atoms with Crippen molar-refractivity contribution >= 4 is 28.1 Å². The zero-order valence-corrected chi connectivity index (χ0v) is 15.4. The zero-order valence-electron chi connectivity index (χ0n) is 14.6. The van der Waals surface area contributed by atoms with Crippen LogP contribution in [0.25, 0.3) is 0 Å². The molecule has 0 spiro atoms. The summed E-state index contributed by atoms with van der Waals surface area (Å²) in [6.07, 6.45) is 0. The van der Waals surface area contributed by atoms with E-state index >= 15 is 0 Å². The number of nitrogens with zero attached hydrogens (tertiary/aromatic N) is 1. The quantitative estimate of drug-likeness (QED) is 0.698. The Hall–Kier alpha value is -2.66. The molecule has 0 fully saturated rings. The predicted molar refractivity (Wildman–Crippen MR) is 104 cm³/mol. The summed E-state index contributed by atoms with van der Waals surface area (Å²) in [6, 6.07) is 14.3. The summed E-state index contributed by atoms with van der Waals surface area (Å²) in [4.78, 5) is 16.7. The number of aromatic nitrogens is 1. The number of hydrogen-bond acceptors (Lipinski definition) is 4. The molecule has 0 aliphatic rings. The van der Waals surface area contributed by atoms with Crippen molar-refractivity contribution in [3.8, 4) is 0 Å². The van der Waals surface area contributed by atoms with Crippen molar-refractivity contribution in [1.29, 1.82) is 0 Å². The van der Waals surface area contributed by atoms with Gasteiger partial charge >= 0.3 is 0 Å². The Morgan fingerprint density at radius 1 is 1.04 bits per heavy atom. The van der Waals surface area contributed by atoms with Crippen molar-refractivity contribution in [2.45, 2.75) is 27.3 Å². The van der Waals surface area contributed by atoms with Crippen LogP contribution < -0.4 is 10.6 Å². The monoisotopic (exact) mass is 351 g/mol. The highest BCUT2D eigenvalue weighted by atomic mass is 32.1. The number of aryl methyl sites for hydroxylation is 3. The molecule has 25 heavy (non-hydrogen) atoms. The van der Waals surface area contributed by atoms with Crippen LogP contribution in [-0.4, -0.2) is 10.9 Å². The molecule has 1 aromatic heterocycles. The highest BCUT2D eigenvalue weighted by molar-refractivity contribution is 7.14. The van der Waals surface area contributed by atoms with E-state index in [0.29, 0.717) is 17.4 Å². The Morgan fingerprint density at radius 3 is 2.48 bits per heavy atom. The fourth-order valence-corrected chi connectivity index (χ4v) is 3.19. The van der Waals surface area contributed by atoms with Crippen molar-refractivity contribution in [2.75, 3.05) is 5.32 Å². The first-order valence-corrected chi connectivity index (χ1v) is 9.03. The zero-order chi connectivity index (χ0) is 17.8. The molecule has 2 N–H and O–H groups in total. The van der Waals surface area contributed by atoms with Gasteiger partial charge in [-0.1, -0.05) is 47.5 Å². The topological polar surface area (TPSA) is 54.0 Å². The van der Waals surface area contributed by atoms with E-state index in [-0.39, 0.29) is 5.91 Å². The lowest BCUT2D eigenvalue weighted by molar-refractivity contribution is 0.0946. The Balaban J connectivity index is 1.62. The molecule has 0 unspecified atom stereocenters. The number of hydrogen-bond donors (Lipinski definition) is 2. The van der Waals surface area contributed by atoms with Gasteiger partial charge in [0.1, 0.15) is 5.69 Å². The Labute approximate surface area is 151 Å². The van der Waals surface area contributed by atoms with Gasteiger partial charge in [-0.2, -0.15) is 0 Å². The van der Waals surface area contributed by atoms with Gasteiger partial charge in [-0.15, -0.1) is 11.3 Å². The molecule has 0 bridgehead atoms. The third-order valence-corrected chi connectivity index (χ3v) is 4.69. The SMILES string of the molecule is Cc1ccc(CNC(=O)c2csc(Nc3ccc(C)cc3C)n2)cc1. The first kappa shape index (κ1) is 17.2. The van der Waals surface area contributed by atoms with E-state index in [0.717, 1.165) is 16.8 Å². The number of thiazole rings is 1. The first-order chi connectivity index (χ1) is 12.0. The molecule has 3 rings (SSSR count). The molecule has 0 aliphatic heterocycles. The van der Waals surface area contributed by atoms with Crippen LogP contribution in [-0.2, 0) is 6.54 Å². The molecule has 0 atom stereocenters. The Morgan fingerprint density at radius 2 is 1.76 bits per heavy atom. The van der Waals surface area contributed by atoms with E-state index in [1.807, 2.05) is 37.3 Å². The third kappa shape index (κ3) is 4.45. The minimum absolute atomic E-state index is 0.162. The van der Waals surface area contributed by atoms with Crippen LogP contribution in [0.15, 0.2) is 47.8 Å². The summed E-state index contributed by atoms with van der Waals surface area (Å²) in [6.45, 7) is 6.66. The van der Waals surface area contributed by atoms with Crippen molar-refractivity contribution in [1.82, 2.24) is 10.3 Å². The van der Waals surface area contributed by atoms with Gasteiger partial charge in [0.05, 0.1) is 0 Å². The van der Waals surface area contributed by atoms with Gasteiger partial charge in [-0.05, 0) is 38.0 Å². The number of anilines is 2. The lowest BCUT2D eigenvalue weighted by Crippen LogP contribution is -2.23. The molecule has 0 aliphatic carbocycles. The summed E-state index contributed by atoms with van der Waals surface area (Å²) >= 11 is 1.43. The predicted octanol–water partition coefficient (Wildman–Crippen LogP) is 4.74. The van der Waals surface area contributed by atoms with E-state index in [2.05, 4.69) is 41.6 Å². The smallest absolute Gasteiger partial charge is 0.271 e. The molecule has 1 amide bonds. The van der Waals surface area contributed by atoms with Crippen LogP contribution in [0.1, 0.15) is 32.7 Å². The number of rotatable bonds is 5. The average molecular weight is 351 g/mol. The van der Waals surface area contributed by atoms with Gasteiger partial charge < -0.3 is 10.6 Å². The molecule has 3 aromatic rings. The molecular weight excluding hydrogens is 330 g/mol. The van der Waals surface area contributed by atoms with Crippen LogP contribution in [0, 0.1) is 20.8 Å². The normalized spacial score (nSPS) is 10.5. The first-order valence-electron chi connectivity index (χ1n) is 8.15. The van der Waals surface area contributed by atoms with E-state index in [1.54, 1.807) is 5.38 Å². The second-order valence-electron chi connectivity index (χ2n) is 6.15. The number of nitrogens with one attached hydrogen (secondary N) is 2. The summed E-state index contributed by atoms with van der Waals surface area (Å²) < 4.78 is 0. The number of amides is 1. The lowest BCUT2D eigenvalue weighted by atomic mass is 10.1. The van der Waals surface area contributed by atoms with Crippen LogP contribution in [0.5, 0.6) is 0 Å². The standard InChI is InChI=1S/C20H21N3OS/c1-13-4-7-16(8-5-13)11-21-19(24)18-12-25-20(23-18)22-17-9-6-14(2)10-15(17)3/h4-10,12H,11H2,1-3H3,(H,21,24)(H,22,23). The van der Waals surface area contributed by atoms with Gasteiger partial charge in [-0.3, -0.25) is 4.79 Å². The van der Waals surface area contributed by atoms with E-state index in [9.17, 15) is 4.79 Å². The number of carbonyl (C=O) groups excluding carboxylic acids is 1. The highest BCUT2D eigenvalue weighted by Crippen LogP contribution is 2.24. The molecule has 5 heteroatoms. The van der Waals surface area contributed by atoms with E-state index in [4.69, 9.17) is 0 Å². The lowest BCUT2D eigenvalue weighted by Gasteiger charge is -2.07. The average Bonchev–Trinajstić information content (AvgIpc) is 3.05. The molecule has 0 saturated carbocycles. The maximum absolute atomic E-state index is 12.3. The molecule has 4 nitrogen and oxygen atoms in total. The van der Waals surface area contributed by atoms with Crippen LogP contribution in [0.3, 0.4) is 0 Å². The van der Waals surface area contributed by atoms with Crippen molar-refractivity contribution in [2.24, 2.45) is 0 Å². The van der Waals surface area contributed by atoms with Crippen molar-refractivity contribution < 1.29 is 4.79 Å². The summed E-state index contributed by atoms with van der Waals surface area (Å²) in [5.74, 6) is -0.162. The van der Waals surface area contributed by atoms with E-state index < -0.39 is 0 Å². The number of benzene rings is 2. The third-order valence-electron chi connectivity index (χ3n) is 3.93. The molecule has 2 aromatic carbocycles. The van der Waals surface area contributed by atoms with Crippen LogP contribution in [0.2, 0.25) is 0 Å². The van der Waals surface area contributed by atoms with Gasteiger partial charge in [0.15, 0.2) is 5.13 Å². The maximum atomic E-state index is 12.3. The minimum atomic E-state index is -0.162. The summed E-state index contributed by atoms with van der Waals surface area (Å²) in [5.41, 5.74) is 6.09. The molecule has 0 radical (unpaired) electrons. The van der Waals surface area contributed by atoms with Gasteiger partial charge in [0.25, 0.3) is 5.91 Å². The molecular formula is C20H21N3OS. The fourth-order valence-electron chi connectivity index (χ4n) is 2.48. The molecule has 1 heterocycles. The molecule has 0 saturated heterocycles. The summed E-state index contributed by atoms with van der Waals surface area (Å²) in [5, 5.41) is 8.68. The largest absolute Gasteiger partial charge is 0.347 e. The summed E-state index contributed by atoms with van der Waals surface area (Å²) in [7, 11) is 0. The Kier molecular flexibility index (Phi) is 5.14. The van der Waals surface area contributed by atoms with Crippen molar-refractivity contribution in [3.05, 3.63) is 75.8 Å².